The summed E-state index contributed by atoms with van der Waals surface area (Å²) >= 11 is 1.36. The fourth-order valence-electron chi connectivity index (χ4n) is 4.46. The van der Waals surface area contributed by atoms with Gasteiger partial charge in [-0.25, -0.2) is 4.98 Å². The van der Waals surface area contributed by atoms with Crippen molar-refractivity contribution in [2.75, 3.05) is 19.6 Å². The molecule has 2 aromatic rings. The quantitative estimate of drug-likeness (QED) is 0.875. The second-order valence-electron chi connectivity index (χ2n) is 7.67. The summed E-state index contributed by atoms with van der Waals surface area (Å²) in [4.78, 5) is 34.4. The van der Waals surface area contributed by atoms with Crippen LogP contribution in [0.5, 0.6) is 0 Å². The van der Waals surface area contributed by atoms with Crippen LogP contribution < -0.4 is 10.9 Å². The number of amides is 1. The zero-order valence-corrected chi connectivity index (χ0v) is 17.0. The van der Waals surface area contributed by atoms with Crippen LogP contribution in [0.15, 0.2) is 4.79 Å². The largest absolute Gasteiger partial charge is 0.350 e. The molecule has 1 atom stereocenters. The first-order chi connectivity index (χ1) is 13.1. The van der Waals surface area contributed by atoms with Crippen LogP contribution in [0.3, 0.4) is 0 Å². The lowest BCUT2D eigenvalue weighted by Crippen LogP contribution is -2.40. The molecule has 0 aliphatic carbocycles. The number of hydrogen-bond donors (Lipinski definition) is 1. The molecule has 0 spiro atoms. The highest BCUT2D eigenvalue weighted by Crippen LogP contribution is 2.28. The molecule has 7 heteroatoms. The summed E-state index contributed by atoms with van der Waals surface area (Å²) in [5.41, 5.74) is 0.806. The first-order valence-corrected chi connectivity index (χ1v) is 11.0. The molecule has 6 nitrogen and oxygen atoms in total. The molecule has 2 aromatic heterocycles. The Bertz CT molecular complexity index is 917. The summed E-state index contributed by atoms with van der Waals surface area (Å²) in [5, 5.41) is 3.73. The molecule has 2 aliphatic heterocycles. The molecule has 0 aromatic carbocycles. The summed E-state index contributed by atoms with van der Waals surface area (Å²) in [5.74, 6) is 0.806. The van der Waals surface area contributed by atoms with Crippen LogP contribution in [0.1, 0.15) is 60.1 Å². The molecule has 0 bridgehead atoms. The smallest absolute Gasteiger partial charge is 0.262 e. The molecule has 0 radical (unpaired) electrons. The van der Waals surface area contributed by atoms with Gasteiger partial charge in [-0.05, 0) is 51.3 Å². The van der Waals surface area contributed by atoms with Gasteiger partial charge in [0.05, 0.1) is 10.3 Å². The average molecular weight is 389 g/mol. The first kappa shape index (κ1) is 18.6. The maximum atomic E-state index is 13.0. The van der Waals surface area contributed by atoms with Gasteiger partial charge in [-0.2, -0.15) is 0 Å². The number of carbonyl (C=O) groups excluding carboxylic acids is 1. The van der Waals surface area contributed by atoms with Gasteiger partial charge in [0.1, 0.15) is 10.7 Å². The third-order valence-corrected chi connectivity index (χ3v) is 7.21. The molecule has 1 amide bonds. The first-order valence-electron chi connectivity index (χ1n) is 10.1. The van der Waals surface area contributed by atoms with Gasteiger partial charge in [-0.15, -0.1) is 11.3 Å². The number of rotatable bonds is 4. The number of nitrogens with zero attached hydrogens (tertiary/aromatic N) is 3. The van der Waals surface area contributed by atoms with E-state index in [2.05, 4.69) is 17.1 Å². The van der Waals surface area contributed by atoms with Gasteiger partial charge in [0, 0.05) is 25.6 Å². The van der Waals surface area contributed by atoms with Crippen molar-refractivity contribution in [2.24, 2.45) is 0 Å². The number of nitrogens with one attached hydrogen (secondary N) is 1. The third kappa shape index (κ3) is 3.43. The molecule has 27 heavy (non-hydrogen) atoms. The zero-order chi connectivity index (χ0) is 19.0. The normalized spacial score (nSPS) is 20.6. The number of carbonyl (C=O) groups is 1. The van der Waals surface area contributed by atoms with Gasteiger partial charge >= 0.3 is 0 Å². The van der Waals surface area contributed by atoms with Crippen molar-refractivity contribution in [3.05, 3.63) is 26.6 Å². The van der Waals surface area contributed by atoms with E-state index >= 15 is 0 Å². The Morgan fingerprint density at radius 1 is 1.26 bits per heavy atom. The number of hydrogen-bond acceptors (Lipinski definition) is 5. The number of aryl methyl sites for hydroxylation is 2. The summed E-state index contributed by atoms with van der Waals surface area (Å²) in [6.07, 6.45) is 6.41. The molecule has 0 unspecified atom stereocenters. The van der Waals surface area contributed by atoms with E-state index in [0.717, 1.165) is 63.1 Å². The molecule has 2 aliphatic rings. The Kier molecular flexibility index (Phi) is 5.32. The van der Waals surface area contributed by atoms with Crippen molar-refractivity contribution in [2.45, 2.75) is 65.0 Å². The second-order valence-corrected chi connectivity index (χ2v) is 8.67. The number of thiophene rings is 1. The molecule has 1 fully saturated rings. The highest BCUT2D eigenvalue weighted by Gasteiger charge is 2.25. The highest BCUT2D eigenvalue weighted by molar-refractivity contribution is 7.20. The lowest BCUT2D eigenvalue weighted by Gasteiger charge is -2.22. The minimum Gasteiger partial charge on any atom is -0.350 e. The van der Waals surface area contributed by atoms with E-state index in [1.165, 1.54) is 17.8 Å². The summed E-state index contributed by atoms with van der Waals surface area (Å²) in [7, 11) is 0. The van der Waals surface area contributed by atoms with Crippen LogP contribution >= 0.6 is 11.3 Å². The standard InChI is InChI=1S/C20H28N4O2S/c1-3-23-10-7-8-14(23)12-21-18(25)17-13(2)16-19(27-17)22-15-9-5-4-6-11-24(15)20(16)26/h14H,3-12H2,1-2H3,(H,21,25)/t14-/m1/s1. The van der Waals surface area contributed by atoms with E-state index in [1.54, 1.807) is 0 Å². The lowest BCUT2D eigenvalue weighted by molar-refractivity contribution is 0.0945. The summed E-state index contributed by atoms with van der Waals surface area (Å²) in [6, 6.07) is 0.424. The third-order valence-electron chi connectivity index (χ3n) is 6.02. The second kappa shape index (κ2) is 7.72. The van der Waals surface area contributed by atoms with Crippen LogP contribution in [0.2, 0.25) is 0 Å². The predicted molar refractivity (Wildman–Crippen MR) is 109 cm³/mol. The van der Waals surface area contributed by atoms with Gasteiger partial charge in [0.25, 0.3) is 11.5 Å². The Balaban J connectivity index is 1.61. The van der Waals surface area contributed by atoms with E-state index in [0.29, 0.717) is 27.7 Å². The van der Waals surface area contributed by atoms with Crippen molar-refractivity contribution < 1.29 is 4.79 Å². The van der Waals surface area contributed by atoms with Crippen molar-refractivity contribution in [3.8, 4) is 0 Å². The van der Waals surface area contributed by atoms with Crippen molar-refractivity contribution in [1.82, 2.24) is 19.8 Å². The number of aromatic nitrogens is 2. The molecule has 4 heterocycles. The Labute approximate surface area is 163 Å². The molecule has 4 rings (SSSR count). The molecule has 146 valence electrons. The van der Waals surface area contributed by atoms with Crippen LogP contribution in [-0.2, 0) is 13.0 Å². The number of fused-ring (bicyclic) bond motifs is 2. The summed E-state index contributed by atoms with van der Waals surface area (Å²) < 4.78 is 1.83. The molecular formula is C20H28N4O2S. The minimum absolute atomic E-state index is 0.0256. The Hall–Kier alpha value is -1.73. The van der Waals surface area contributed by atoms with Gasteiger partial charge in [0.2, 0.25) is 0 Å². The maximum absolute atomic E-state index is 13.0. The fraction of sp³-hybridized carbons (Fsp3) is 0.650. The summed E-state index contributed by atoms with van der Waals surface area (Å²) in [6.45, 7) is 7.60. The van der Waals surface area contributed by atoms with E-state index in [4.69, 9.17) is 4.98 Å². The Morgan fingerprint density at radius 2 is 2.11 bits per heavy atom. The average Bonchev–Trinajstić information content (AvgIpc) is 3.16. The van der Waals surface area contributed by atoms with E-state index < -0.39 is 0 Å². The van der Waals surface area contributed by atoms with Gasteiger partial charge in [0.15, 0.2) is 0 Å². The molecule has 1 N–H and O–H groups in total. The monoisotopic (exact) mass is 388 g/mol. The fourth-order valence-corrected chi connectivity index (χ4v) is 5.57. The Morgan fingerprint density at radius 3 is 2.93 bits per heavy atom. The zero-order valence-electron chi connectivity index (χ0n) is 16.2. The van der Waals surface area contributed by atoms with E-state index in [-0.39, 0.29) is 11.5 Å². The molecular weight excluding hydrogens is 360 g/mol. The lowest BCUT2D eigenvalue weighted by atomic mass is 10.2. The van der Waals surface area contributed by atoms with E-state index in [1.807, 2.05) is 11.5 Å². The molecule has 1 saturated heterocycles. The number of likely N-dealkylation sites (tertiary alicyclic amines) is 1. The van der Waals surface area contributed by atoms with Crippen LogP contribution in [0, 0.1) is 6.92 Å². The van der Waals surface area contributed by atoms with Crippen LogP contribution in [-0.4, -0.2) is 46.0 Å². The van der Waals surface area contributed by atoms with Gasteiger partial charge < -0.3 is 5.32 Å². The van der Waals surface area contributed by atoms with Crippen molar-refractivity contribution in [1.29, 1.82) is 0 Å². The van der Waals surface area contributed by atoms with Crippen molar-refractivity contribution >= 4 is 27.5 Å². The molecule has 0 saturated carbocycles. The van der Waals surface area contributed by atoms with Gasteiger partial charge in [-0.3, -0.25) is 19.1 Å². The van der Waals surface area contributed by atoms with Crippen LogP contribution in [0.4, 0.5) is 0 Å². The van der Waals surface area contributed by atoms with Gasteiger partial charge in [-0.1, -0.05) is 13.3 Å². The SMILES string of the molecule is CCN1CCC[C@@H]1CNC(=O)c1sc2nc3n(c(=O)c2c1C)CCCCC3. The predicted octanol–water partition coefficient (Wildman–Crippen LogP) is 2.71. The topological polar surface area (TPSA) is 67.2 Å². The van der Waals surface area contributed by atoms with Crippen molar-refractivity contribution in [3.63, 3.8) is 0 Å². The van der Waals surface area contributed by atoms with E-state index in [9.17, 15) is 9.59 Å². The van der Waals surface area contributed by atoms with Crippen LogP contribution in [0.25, 0.3) is 10.2 Å². The highest BCUT2D eigenvalue weighted by atomic mass is 32.1. The maximum Gasteiger partial charge on any atom is 0.262 e. The minimum atomic E-state index is -0.0713. The number of likely N-dealkylation sites (N-methyl/N-ethyl adjacent to an activating group) is 1.